The Hall–Kier alpha value is -2.60. The summed E-state index contributed by atoms with van der Waals surface area (Å²) in [4.78, 5) is 0. The molecule has 42 heavy (non-hydrogen) atoms. The van der Waals surface area contributed by atoms with E-state index in [0.29, 0.717) is 7.25 Å². The van der Waals surface area contributed by atoms with Crippen LogP contribution in [0.25, 0.3) is 11.1 Å². The standard InChI is InChI=1S/C21H25.C14H11Cl.C5H5.Zr/c1-20(2,3)16-7-9-18-14(12-16)11-15-13-17(21(4,5)6)8-10-19(15)18;1-11-2-4-12(5-3-11)10-13-6-8-14(15)9-7-13;1-2-4-5-3-1;/h7-13H,1-6H3;2-9H,1H3;1-5H;. The molecular weight excluding hydrogens is 607 g/mol. The number of aryl methyl sites for hydroxylation is 1. The summed E-state index contributed by atoms with van der Waals surface area (Å²) in [6.45, 7) is 16.2. The van der Waals surface area contributed by atoms with Gasteiger partial charge in [0.25, 0.3) is 0 Å². The topological polar surface area (TPSA) is 0 Å². The van der Waals surface area contributed by atoms with Crippen LogP contribution in [0.5, 0.6) is 0 Å². The van der Waals surface area contributed by atoms with Crippen molar-refractivity contribution in [2.24, 2.45) is 0 Å². The van der Waals surface area contributed by atoms with E-state index in [1.54, 1.807) is 3.21 Å². The Morgan fingerprint density at radius 2 is 1.07 bits per heavy atom. The number of rotatable bonds is 4. The van der Waals surface area contributed by atoms with E-state index < -0.39 is 21.3 Å². The Labute approximate surface area is 265 Å². The first-order chi connectivity index (χ1) is 19.9. The number of halogens is 1. The monoisotopic (exact) mass is 646 g/mol. The summed E-state index contributed by atoms with van der Waals surface area (Å²) in [7, 11) is 0. The third kappa shape index (κ3) is 5.56. The summed E-state index contributed by atoms with van der Waals surface area (Å²) in [5.74, 6) is 0. The molecule has 0 atom stereocenters. The van der Waals surface area contributed by atoms with Crippen molar-refractivity contribution in [1.29, 1.82) is 0 Å². The number of allylic oxidation sites excluding steroid dienone is 4. The Bertz CT molecular complexity index is 1610. The van der Waals surface area contributed by atoms with Crippen molar-refractivity contribution in [1.82, 2.24) is 0 Å². The van der Waals surface area contributed by atoms with Crippen molar-refractivity contribution >= 4 is 14.8 Å². The SMILES string of the molecule is Cc1ccc([C](c2ccc(Cl)cc2)=[Zr]([CH]2C=CC=C2)[CH]2c3cc(C(C)(C)C)ccc3-c3ccc(C(C)(C)C)cc32)cc1. The molecule has 0 radical (unpaired) electrons. The van der Waals surface area contributed by atoms with Crippen molar-refractivity contribution in [2.45, 2.75) is 66.5 Å². The first-order valence-corrected chi connectivity index (χ1v) is 19.6. The molecule has 0 bridgehead atoms. The van der Waals surface area contributed by atoms with Gasteiger partial charge >= 0.3 is 267 Å². The minimum atomic E-state index is -2.71. The van der Waals surface area contributed by atoms with E-state index >= 15 is 0 Å². The third-order valence-electron chi connectivity index (χ3n) is 8.93. The summed E-state index contributed by atoms with van der Waals surface area (Å²) in [6, 6.07) is 32.6. The summed E-state index contributed by atoms with van der Waals surface area (Å²) in [6.07, 6.45) is 9.51. The molecule has 2 heteroatoms. The van der Waals surface area contributed by atoms with Crippen LogP contribution in [-0.2, 0) is 32.1 Å². The van der Waals surface area contributed by atoms with Gasteiger partial charge in [0.05, 0.1) is 0 Å². The zero-order chi connectivity index (χ0) is 29.8. The van der Waals surface area contributed by atoms with Gasteiger partial charge in [0.1, 0.15) is 0 Å². The first kappa shape index (κ1) is 29.5. The third-order valence-corrected chi connectivity index (χ3v) is 17.8. The Morgan fingerprint density at radius 3 is 1.52 bits per heavy atom. The molecule has 0 spiro atoms. The van der Waals surface area contributed by atoms with E-state index in [0.717, 1.165) is 5.02 Å². The van der Waals surface area contributed by atoms with Gasteiger partial charge in [0.2, 0.25) is 0 Å². The Kier molecular flexibility index (Phi) is 7.83. The molecule has 0 amide bonds. The molecule has 0 saturated carbocycles. The van der Waals surface area contributed by atoms with Gasteiger partial charge < -0.3 is 0 Å². The molecule has 0 aromatic heterocycles. The molecule has 2 aliphatic carbocycles. The Morgan fingerprint density at radius 1 is 0.619 bits per heavy atom. The van der Waals surface area contributed by atoms with E-state index in [1.165, 1.54) is 50.1 Å². The van der Waals surface area contributed by atoms with Crippen LogP contribution in [-0.4, -0.2) is 3.21 Å². The van der Waals surface area contributed by atoms with Crippen LogP contribution in [0.3, 0.4) is 0 Å². The number of hydrogen-bond donors (Lipinski definition) is 0. The van der Waals surface area contributed by atoms with Gasteiger partial charge in [0.15, 0.2) is 0 Å². The van der Waals surface area contributed by atoms with Crippen molar-refractivity contribution < 1.29 is 21.3 Å². The van der Waals surface area contributed by atoms with Gasteiger partial charge in [-0.2, -0.15) is 0 Å². The fourth-order valence-electron chi connectivity index (χ4n) is 6.51. The summed E-state index contributed by atoms with van der Waals surface area (Å²) in [5, 5.41) is 0.786. The zero-order valence-electron chi connectivity index (χ0n) is 25.9. The second-order valence-corrected chi connectivity index (χ2v) is 21.0. The molecule has 0 unspecified atom stereocenters. The zero-order valence-corrected chi connectivity index (χ0v) is 29.1. The maximum atomic E-state index is 6.46. The molecule has 0 fully saturated rings. The van der Waals surface area contributed by atoms with Gasteiger partial charge in [-0.05, 0) is 0 Å². The molecule has 4 aromatic rings. The average molecular weight is 648 g/mol. The van der Waals surface area contributed by atoms with Crippen LogP contribution >= 0.6 is 11.6 Å². The molecule has 0 saturated heterocycles. The predicted octanol–water partition coefficient (Wildman–Crippen LogP) is 11.1. The van der Waals surface area contributed by atoms with E-state index in [-0.39, 0.29) is 10.8 Å². The van der Waals surface area contributed by atoms with E-state index in [1.807, 2.05) is 0 Å². The van der Waals surface area contributed by atoms with Crippen LogP contribution in [0, 0.1) is 6.92 Å². The van der Waals surface area contributed by atoms with Gasteiger partial charge in [-0.1, -0.05) is 0 Å². The van der Waals surface area contributed by atoms with Crippen LogP contribution in [0.2, 0.25) is 8.65 Å². The van der Waals surface area contributed by atoms with Crippen molar-refractivity contribution in [3.63, 3.8) is 0 Å². The molecule has 6 rings (SSSR count). The van der Waals surface area contributed by atoms with Gasteiger partial charge in [0, 0.05) is 0 Å². The normalized spacial score (nSPS) is 15.6. The van der Waals surface area contributed by atoms with E-state index in [4.69, 9.17) is 11.6 Å². The fourth-order valence-corrected chi connectivity index (χ4v) is 16.0. The van der Waals surface area contributed by atoms with Gasteiger partial charge in [-0.25, -0.2) is 0 Å². The maximum absolute atomic E-state index is 6.46. The van der Waals surface area contributed by atoms with Crippen molar-refractivity contribution in [2.75, 3.05) is 0 Å². The van der Waals surface area contributed by atoms with Gasteiger partial charge in [-0.15, -0.1) is 0 Å². The fraction of sp³-hybridized carbons (Fsp3) is 0.275. The quantitative estimate of drug-likeness (QED) is 0.207. The van der Waals surface area contributed by atoms with Crippen LogP contribution in [0.1, 0.15) is 84.1 Å². The first-order valence-electron chi connectivity index (χ1n) is 15.1. The second-order valence-electron chi connectivity index (χ2n) is 14.0. The summed E-state index contributed by atoms with van der Waals surface area (Å²) < 4.78 is 2.42. The molecule has 0 N–H and O–H groups in total. The molecule has 212 valence electrons. The van der Waals surface area contributed by atoms with Crippen LogP contribution in [0.15, 0.2) is 109 Å². The molecule has 0 aliphatic heterocycles. The molecular formula is C40H41ClZr. The summed E-state index contributed by atoms with van der Waals surface area (Å²) >= 11 is 3.74. The number of benzene rings is 4. The van der Waals surface area contributed by atoms with Crippen LogP contribution < -0.4 is 0 Å². The van der Waals surface area contributed by atoms with E-state index in [2.05, 4.69) is 158 Å². The molecule has 0 nitrogen and oxygen atoms in total. The molecule has 0 heterocycles. The second kappa shape index (κ2) is 11.2. The number of hydrogen-bond acceptors (Lipinski definition) is 0. The van der Waals surface area contributed by atoms with Crippen LogP contribution in [0.4, 0.5) is 0 Å². The van der Waals surface area contributed by atoms with Crippen molar-refractivity contribution in [3.8, 4) is 11.1 Å². The van der Waals surface area contributed by atoms with Crippen molar-refractivity contribution in [3.05, 3.63) is 153 Å². The summed E-state index contributed by atoms with van der Waals surface area (Å²) in [5.41, 5.74) is 12.9. The minimum absolute atomic E-state index is 0.0846. The molecule has 4 aromatic carbocycles. The molecule has 2 aliphatic rings. The Balaban J connectivity index is 1.74. The van der Waals surface area contributed by atoms with Gasteiger partial charge in [-0.3, -0.25) is 0 Å². The number of fused-ring (bicyclic) bond motifs is 3. The van der Waals surface area contributed by atoms with E-state index in [9.17, 15) is 0 Å². The predicted molar refractivity (Wildman–Crippen MR) is 179 cm³/mol. The average Bonchev–Trinajstić information content (AvgIpc) is 3.58.